The minimum absolute atomic E-state index is 0.00406. The van der Waals surface area contributed by atoms with E-state index in [0.29, 0.717) is 24.5 Å². The molecule has 2 aliphatic rings. The third-order valence-corrected chi connectivity index (χ3v) is 5.03. The summed E-state index contributed by atoms with van der Waals surface area (Å²) in [6.45, 7) is 3.88. The highest BCUT2D eigenvalue weighted by atomic mass is 19.3. The predicted molar refractivity (Wildman–Crippen MR) is 92.9 cm³/mol. The van der Waals surface area contributed by atoms with Crippen LogP contribution < -0.4 is 5.43 Å². The number of benzene rings is 1. The van der Waals surface area contributed by atoms with E-state index in [1.165, 1.54) is 24.1 Å². The molecule has 1 unspecified atom stereocenters. The number of nitrogens with zero attached hydrogens (tertiary/aromatic N) is 2. The zero-order chi connectivity index (χ0) is 19.9. The Hall–Kier alpha value is -2.09. The number of carbonyl (C=O) groups is 1. The number of hydrazine groups is 1. The minimum Gasteiger partial charge on any atom is -0.333 e. The van der Waals surface area contributed by atoms with Crippen LogP contribution in [0, 0.1) is 5.82 Å². The van der Waals surface area contributed by atoms with E-state index in [2.05, 4.69) is 5.43 Å². The van der Waals surface area contributed by atoms with Gasteiger partial charge in [0.1, 0.15) is 5.82 Å². The molecule has 0 saturated heterocycles. The van der Waals surface area contributed by atoms with Crippen molar-refractivity contribution in [1.82, 2.24) is 15.3 Å². The van der Waals surface area contributed by atoms with Crippen LogP contribution in [-0.4, -0.2) is 40.9 Å². The van der Waals surface area contributed by atoms with Gasteiger partial charge in [-0.1, -0.05) is 19.9 Å². The van der Waals surface area contributed by atoms with E-state index in [4.69, 9.17) is 0 Å². The van der Waals surface area contributed by atoms with Gasteiger partial charge in [0.15, 0.2) is 5.54 Å². The van der Waals surface area contributed by atoms with Crippen molar-refractivity contribution in [2.75, 3.05) is 7.05 Å². The summed E-state index contributed by atoms with van der Waals surface area (Å²) >= 11 is 0. The van der Waals surface area contributed by atoms with Crippen LogP contribution in [0.4, 0.5) is 17.6 Å². The van der Waals surface area contributed by atoms with Crippen LogP contribution in [0.15, 0.2) is 30.2 Å². The van der Waals surface area contributed by atoms with Gasteiger partial charge in [0.05, 0.1) is 0 Å². The van der Waals surface area contributed by atoms with Crippen LogP contribution in [-0.2, 0) is 11.3 Å². The molecule has 1 amide bonds. The van der Waals surface area contributed by atoms with Crippen molar-refractivity contribution in [1.29, 1.82) is 0 Å². The van der Waals surface area contributed by atoms with Gasteiger partial charge in [-0.2, -0.15) is 4.39 Å². The minimum atomic E-state index is -3.14. The maximum absolute atomic E-state index is 13.8. The number of amides is 1. The number of halogens is 4. The Morgan fingerprint density at radius 1 is 1.33 bits per heavy atom. The number of nitrogens with one attached hydrogen (secondary N) is 1. The standard InChI is InChI=1S/C19H23F4N3O/c1-11(2)15-7-4-13(20)8-12(15)10-26(14-5-6-14)18(27)19(17(22)23)9-16(21)25(3)24-19/h4,7-9,11,14,17,24H,5-6,10H2,1-3H3. The third-order valence-electron chi connectivity index (χ3n) is 5.03. The second-order valence-corrected chi connectivity index (χ2v) is 7.47. The molecule has 0 bridgehead atoms. The van der Waals surface area contributed by atoms with Crippen LogP contribution in [0.5, 0.6) is 0 Å². The Balaban J connectivity index is 1.95. The fraction of sp³-hybridized carbons (Fsp3) is 0.526. The van der Waals surface area contributed by atoms with Crippen LogP contribution in [0.3, 0.4) is 0 Å². The fourth-order valence-electron chi connectivity index (χ4n) is 3.41. The van der Waals surface area contributed by atoms with Crippen molar-refractivity contribution in [2.24, 2.45) is 0 Å². The lowest BCUT2D eigenvalue weighted by Crippen LogP contribution is -2.61. The summed E-state index contributed by atoms with van der Waals surface area (Å²) in [5, 5.41) is 0.775. The molecular weight excluding hydrogens is 362 g/mol. The highest BCUT2D eigenvalue weighted by molar-refractivity contribution is 5.90. The summed E-state index contributed by atoms with van der Waals surface area (Å²) in [6.07, 6.45) is -1.15. The average molecular weight is 385 g/mol. The lowest BCUT2D eigenvalue weighted by atomic mass is 9.95. The second-order valence-electron chi connectivity index (χ2n) is 7.47. The van der Waals surface area contributed by atoms with E-state index in [9.17, 15) is 22.4 Å². The molecule has 148 valence electrons. The second kappa shape index (κ2) is 7.14. The number of hydrogen-bond donors (Lipinski definition) is 1. The first-order chi connectivity index (χ1) is 12.7. The summed E-state index contributed by atoms with van der Waals surface area (Å²) in [7, 11) is 1.23. The first-order valence-electron chi connectivity index (χ1n) is 8.93. The molecule has 1 aliphatic carbocycles. The van der Waals surface area contributed by atoms with E-state index in [1.54, 1.807) is 6.07 Å². The van der Waals surface area contributed by atoms with E-state index < -0.39 is 29.6 Å². The van der Waals surface area contributed by atoms with Crippen LogP contribution in [0.2, 0.25) is 0 Å². The average Bonchev–Trinajstić information content (AvgIpc) is 3.37. The molecular formula is C19H23F4N3O. The van der Waals surface area contributed by atoms with Crippen molar-refractivity contribution in [3.8, 4) is 0 Å². The maximum atomic E-state index is 13.8. The Labute approximate surface area is 155 Å². The quantitative estimate of drug-likeness (QED) is 0.599. The van der Waals surface area contributed by atoms with Gasteiger partial charge in [-0.3, -0.25) is 9.80 Å². The molecule has 4 nitrogen and oxygen atoms in total. The van der Waals surface area contributed by atoms with Gasteiger partial charge in [-0.05, 0) is 42.0 Å². The molecule has 0 radical (unpaired) electrons. The molecule has 8 heteroatoms. The SMILES string of the molecule is CC(C)c1ccc(F)cc1CN(C(=O)C1(C(F)F)C=C(F)N(C)N1)C1CC1. The Morgan fingerprint density at radius 3 is 2.48 bits per heavy atom. The maximum Gasteiger partial charge on any atom is 0.270 e. The number of carbonyl (C=O) groups excluding carboxylic acids is 1. The lowest BCUT2D eigenvalue weighted by molar-refractivity contribution is -0.145. The molecule has 1 heterocycles. The third kappa shape index (κ3) is 3.67. The van der Waals surface area contributed by atoms with Crippen molar-refractivity contribution in [3.63, 3.8) is 0 Å². The number of alkyl halides is 2. The number of rotatable bonds is 6. The molecule has 1 N–H and O–H groups in total. The van der Waals surface area contributed by atoms with Crippen molar-refractivity contribution in [2.45, 2.75) is 57.2 Å². The molecule has 1 atom stereocenters. The summed E-state index contributed by atoms with van der Waals surface area (Å²) in [4.78, 5) is 14.4. The normalized spacial score (nSPS) is 22.6. The highest BCUT2D eigenvalue weighted by Gasteiger charge is 2.54. The summed E-state index contributed by atoms with van der Waals surface area (Å²) < 4.78 is 55.3. The largest absolute Gasteiger partial charge is 0.333 e. The highest BCUT2D eigenvalue weighted by Crippen LogP contribution is 2.36. The Bertz CT molecular complexity index is 763. The van der Waals surface area contributed by atoms with Crippen LogP contribution >= 0.6 is 0 Å². The zero-order valence-corrected chi connectivity index (χ0v) is 15.5. The molecule has 0 aromatic heterocycles. The molecule has 1 saturated carbocycles. The van der Waals surface area contributed by atoms with Crippen molar-refractivity contribution < 1.29 is 22.4 Å². The van der Waals surface area contributed by atoms with Gasteiger partial charge < -0.3 is 4.90 Å². The molecule has 3 rings (SSSR count). The fourth-order valence-corrected chi connectivity index (χ4v) is 3.41. The topological polar surface area (TPSA) is 35.6 Å². The van der Waals surface area contributed by atoms with E-state index in [-0.39, 0.29) is 18.5 Å². The summed E-state index contributed by atoms with van der Waals surface area (Å²) in [5.41, 5.74) is 1.23. The number of hydrogen-bond acceptors (Lipinski definition) is 3. The smallest absolute Gasteiger partial charge is 0.270 e. The summed E-state index contributed by atoms with van der Waals surface area (Å²) in [5.74, 6) is -2.22. The van der Waals surface area contributed by atoms with E-state index in [0.717, 1.165) is 10.6 Å². The lowest BCUT2D eigenvalue weighted by Gasteiger charge is -2.34. The molecule has 1 aliphatic heterocycles. The van der Waals surface area contributed by atoms with Gasteiger partial charge in [-0.15, -0.1) is 0 Å². The first kappa shape index (κ1) is 19.7. The van der Waals surface area contributed by atoms with Crippen molar-refractivity contribution in [3.05, 3.63) is 47.2 Å². The van der Waals surface area contributed by atoms with Crippen LogP contribution in [0.1, 0.15) is 43.7 Å². The van der Waals surface area contributed by atoms with Gasteiger partial charge in [0, 0.05) is 25.7 Å². The van der Waals surface area contributed by atoms with Gasteiger partial charge in [0.2, 0.25) is 5.95 Å². The first-order valence-corrected chi connectivity index (χ1v) is 8.93. The van der Waals surface area contributed by atoms with E-state index in [1.807, 2.05) is 13.8 Å². The van der Waals surface area contributed by atoms with Crippen LogP contribution in [0.25, 0.3) is 0 Å². The van der Waals surface area contributed by atoms with E-state index >= 15 is 0 Å². The van der Waals surface area contributed by atoms with Crippen molar-refractivity contribution >= 4 is 5.91 Å². The van der Waals surface area contributed by atoms with Gasteiger partial charge in [-0.25, -0.2) is 18.6 Å². The molecule has 1 fully saturated rings. The summed E-state index contributed by atoms with van der Waals surface area (Å²) in [6, 6.07) is 4.11. The monoisotopic (exact) mass is 385 g/mol. The molecule has 27 heavy (non-hydrogen) atoms. The predicted octanol–water partition coefficient (Wildman–Crippen LogP) is 3.70. The van der Waals surface area contributed by atoms with Gasteiger partial charge >= 0.3 is 0 Å². The molecule has 1 aromatic rings. The van der Waals surface area contributed by atoms with Gasteiger partial charge in [0.25, 0.3) is 12.3 Å². The molecule has 1 aromatic carbocycles. The Kier molecular flexibility index (Phi) is 5.20. The zero-order valence-electron chi connectivity index (χ0n) is 15.5. The molecule has 0 spiro atoms. The Morgan fingerprint density at radius 2 is 2.00 bits per heavy atom.